The number of aliphatic hydroxyl groups excluding tert-OH is 1. The second-order valence-electron chi connectivity index (χ2n) is 2.29. The number of H-pyrrole nitrogens is 1. The Balaban J connectivity index is 0.000000165. The molecule has 0 saturated heterocycles. The summed E-state index contributed by atoms with van der Waals surface area (Å²) in [6.07, 6.45) is 6.21. The van der Waals surface area contributed by atoms with Crippen molar-refractivity contribution in [3.8, 4) is 0 Å². The first-order chi connectivity index (χ1) is 6.70. The Hall–Kier alpha value is -2.24. The monoisotopic (exact) mass is 193 g/mol. The number of allylic oxidation sites excluding steroid dienone is 3. The van der Waals surface area contributed by atoms with Gasteiger partial charge in [-0.1, -0.05) is 0 Å². The number of aromatic amines is 1. The van der Waals surface area contributed by atoms with Crippen LogP contribution in [-0.2, 0) is 9.59 Å². The van der Waals surface area contributed by atoms with Crippen molar-refractivity contribution in [3.63, 3.8) is 0 Å². The van der Waals surface area contributed by atoms with Crippen LogP contribution < -0.4 is 0 Å². The number of carbonyl (C=O) groups excluding carboxylic acids is 2. The van der Waals surface area contributed by atoms with E-state index in [9.17, 15) is 9.59 Å². The summed E-state index contributed by atoms with van der Waals surface area (Å²) in [5, 5.41) is 17.9. The van der Waals surface area contributed by atoms with Crippen LogP contribution in [-0.4, -0.2) is 32.1 Å². The van der Waals surface area contributed by atoms with Crippen molar-refractivity contribution in [1.29, 1.82) is 0 Å². The molecule has 1 heterocycles. The molecule has 2 rings (SSSR count). The van der Waals surface area contributed by atoms with Crippen LogP contribution in [0.4, 0.5) is 0 Å². The number of carbonyl (C=O) groups is 2. The van der Waals surface area contributed by atoms with Crippen LogP contribution in [0.3, 0.4) is 0 Å². The highest BCUT2D eigenvalue weighted by atomic mass is 16.3. The highest BCUT2D eigenvalue weighted by molar-refractivity contribution is 6.15. The lowest BCUT2D eigenvalue weighted by molar-refractivity contribution is -0.116. The number of ketones is 2. The first-order valence-corrected chi connectivity index (χ1v) is 3.67. The van der Waals surface area contributed by atoms with Gasteiger partial charge in [0.05, 0.1) is 12.4 Å². The molecule has 0 aromatic carbocycles. The van der Waals surface area contributed by atoms with Gasteiger partial charge in [-0.2, -0.15) is 15.4 Å². The molecule has 1 aromatic rings. The second-order valence-corrected chi connectivity index (χ2v) is 2.29. The summed E-state index contributed by atoms with van der Waals surface area (Å²) in [6, 6.07) is 0. The largest absolute Gasteiger partial charge is 0.504 e. The number of aliphatic hydroxyl groups is 1. The molecular formula is C8H7N3O3. The van der Waals surface area contributed by atoms with Crippen LogP contribution in [0.5, 0.6) is 0 Å². The second kappa shape index (κ2) is 4.70. The van der Waals surface area contributed by atoms with Gasteiger partial charge in [-0.3, -0.25) is 9.59 Å². The van der Waals surface area contributed by atoms with Crippen molar-refractivity contribution in [2.24, 2.45) is 0 Å². The number of hydrogen-bond acceptors (Lipinski definition) is 5. The van der Waals surface area contributed by atoms with E-state index in [-0.39, 0.29) is 5.78 Å². The summed E-state index contributed by atoms with van der Waals surface area (Å²) in [4.78, 5) is 20.7. The molecule has 0 saturated carbocycles. The van der Waals surface area contributed by atoms with Gasteiger partial charge in [-0.25, -0.2) is 0 Å². The molecule has 0 amide bonds. The Kier molecular flexibility index (Phi) is 3.31. The quantitative estimate of drug-likeness (QED) is 0.563. The lowest BCUT2D eigenvalue weighted by Gasteiger charge is -1.95. The van der Waals surface area contributed by atoms with Gasteiger partial charge < -0.3 is 5.11 Å². The molecule has 2 N–H and O–H groups in total. The molecule has 14 heavy (non-hydrogen) atoms. The van der Waals surface area contributed by atoms with Crippen molar-refractivity contribution in [2.75, 3.05) is 0 Å². The maximum atomic E-state index is 10.4. The van der Waals surface area contributed by atoms with E-state index < -0.39 is 11.5 Å². The standard InChI is InChI=1S/C6H4O3.C2H3N3/c7-4-1-2-5(8)6(9)3-4;1-2-4-5-3-1/h1-3,9H;1-2H,(H,3,4,5). The van der Waals surface area contributed by atoms with Gasteiger partial charge in [-0.15, -0.1) is 0 Å². The van der Waals surface area contributed by atoms with E-state index in [1.54, 1.807) is 12.4 Å². The van der Waals surface area contributed by atoms with Gasteiger partial charge in [0.15, 0.2) is 11.5 Å². The fourth-order valence-electron chi connectivity index (χ4n) is 0.664. The Morgan fingerprint density at radius 2 is 1.79 bits per heavy atom. The average Bonchev–Trinajstić information content (AvgIpc) is 2.69. The summed E-state index contributed by atoms with van der Waals surface area (Å²) in [5.41, 5.74) is 0. The van der Waals surface area contributed by atoms with Crippen LogP contribution >= 0.6 is 0 Å². The van der Waals surface area contributed by atoms with Crippen molar-refractivity contribution in [2.45, 2.75) is 0 Å². The van der Waals surface area contributed by atoms with E-state index in [1.165, 1.54) is 0 Å². The molecule has 1 aromatic heterocycles. The van der Waals surface area contributed by atoms with Crippen LogP contribution in [0.1, 0.15) is 0 Å². The molecule has 1 aliphatic rings. The average molecular weight is 193 g/mol. The lowest BCUT2D eigenvalue weighted by atomic mass is 10.1. The first-order valence-electron chi connectivity index (χ1n) is 3.67. The smallest absolute Gasteiger partial charge is 0.220 e. The lowest BCUT2D eigenvalue weighted by Crippen LogP contribution is -2.05. The molecule has 6 heteroatoms. The summed E-state index contributed by atoms with van der Waals surface area (Å²) in [6.45, 7) is 0. The minimum atomic E-state index is -0.519. The van der Waals surface area contributed by atoms with E-state index in [1.807, 2.05) is 0 Å². The minimum absolute atomic E-state index is 0.355. The van der Waals surface area contributed by atoms with Crippen LogP contribution in [0.2, 0.25) is 0 Å². The zero-order valence-electron chi connectivity index (χ0n) is 7.04. The number of rotatable bonds is 0. The number of aromatic nitrogens is 3. The van der Waals surface area contributed by atoms with Crippen LogP contribution in [0.15, 0.2) is 36.4 Å². The third kappa shape index (κ3) is 3.02. The fraction of sp³-hybridized carbons (Fsp3) is 0. The highest BCUT2D eigenvalue weighted by Gasteiger charge is 2.09. The van der Waals surface area contributed by atoms with E-state index in [4.69, 9.17) is 5.11 Å². The zero-order chi connectivity index (χ0) is 10.4. The molecule has 0 aliphatic heterocycles. The Morgan fingerprint density at radius 3 is 2.14 bits per heavy atom. The Bertz CT molecular complexity index is 361. The molecule has 0 bridgehead atoms. The predicted molar refractivity (Wildman–Crippen MR) is 46.2 cm³/mol. The topological polar surface area (TPSA) is 95.9 Å². The first kappa shape index (κ1) is 9.85. The van der Waals surface area contributed by atoms with Crippen LogP contribution in [0.25, 0.3) is 0 Å². The maximum absolute atomic E-state index is 10.4. The third-order valence-corrected chi connectivity index (χ3v) is 1.26. The molecule has 0 unspecified atom stereocenters. The van der Waals surface area contributed by atoms with Gasteiger partial charge in [0.25, 0.3) is 0 Å². The van der Waals surface area contributed by atoms with E-state index in [0.717, 1.165) is 18.2 Å². The van der Waals surface area contributed by atoms with Gasteiger partial charge in [0.1, 0.15) is 0 Å². The van der Waals surface area contributed by atoms with Crippen LogP contribution in [0, 0.1) is 0 Å². The van der Waals surface area contributed by atoms with Gasteiger partial charge in [0, 0.05) is 6.08 Å². The summed E-state index contributed by atoms with van der Waals surface area (Å²) in [5.74, 6) is -1.36. The van der Waals surface area contributed by atoms with E-state index in [2.05, 4.69) is 15.4 Å². The SMILES string of the molecule is O=C1C=CC(=O)C(O)=C1.c1cn[nH]n1. The molecule has 0 spiro atoms. The fourth-order valence-corrected chi connectivity index (χ4v) is 0.664. The summed E-state index contributed by atoms with van der Waals surface area (Å²) < 4.78 is 0. The molecule has 1 aliphatic carbocycles. The van der Waals surface area contributed by atoms with Gasteiger partial charge in [0.2, 0.25) is 5.78 Å². The number of nitrogens with zero attached hydrogens (tertiary/aromatic N) is 2. The predicted octanol–water partition coefficient (Wildman–Crippen LogP) is -0.0590. The normalized spacial score (nSPS) is 14.4. The minimum Gasteiger partial charge on any atom is -0.504 e. The maximum Gasteiger partial charge on any atom is 0.220 e. The Labute approximate surface area is 78.9 Å². The zero-order valence-corrected chi connectivity index (χ0v) is 7.04. The highest BCUT2D eigenvalue weighted by Crippen LogP contribution is 1.99. The summed E-state index contributed by atoms with van der Waals surface area (Å²) >= 11 is 0. The summed E-state index contributed by atoms with van der Waals surface area (Å²) in [7, 11) is 0. The molecule has 72 valence electrons. The molecule has 0 radical (unpaired) electrons. The van der Waals surface area contributed by atoms with E-state index >= 15 is 0 Å². The van der Waals surface area contributed by atoms with Gasteiger partial charge >= 0.3 is 0 Å². The Morgan fingerprint density at radius 1 is 1.14 bits per heavy atom. The molecule has 6 nitrogen and oxygen atoms in total. The van der Waals surface area contributed by atoms with Crippen molar-refractivity contribution >= 4 is 11.6 Å². The van der Waals surface area contributed by atoms with E-state index in [0.29, 0.717) is 0 Å². The third-order valence-electron chi connectivity index (χ3n) is 1.26. The van der Waals surface area contributed by atoms with Gasteiger partial charge in [-0.05, 0) is 12.2 Å². The number of nitrogens with one attached hydrogen (secondary N) is 1. The number of hydrogen-bond donors (Lipinski definition) is 2. The van der Waals surface area contributed by atoms with Crippen molar-refractivity contribution in [1.82, 2.24) is 15.4 Å². The molecular weight excluding hydrogens is 186 g/mol. The molecule has 0 atom stereocenters. The van der Waals surface area contributed by atoms with Crippen molar-refractivity contribution in [3.05, 3.63) is 36.4 Å². The molecule has 0 fully saturated rings. The van der Waals surface area contributed by atoms with Crippen molar-refractivity contribution < 1.29 is 14.7 Å².